The van der Waals surface area contributed by atoms with Gasteiger partial charge in [0.05, 0.1) is 0 Å². The maximum atomic E-state index is 10.4. The van der Waals surface area contributed by atoms with Crippen LogP contribution < -0.4 is 10.9 Å². The molecule has 0 unspecified atom stereocenters. The Bertz CT molecular complexity index is 554. The smallest absolute Gasteiger partial charge is 0.358 e. The number of halogens is 1. The zero-order valence-corrected chi connectivity index (χ0v) is 11.4. The lowest BCUT2D eigenvalue weighted by Crippen LogP contribution is -2.42. The van der Waals surface area contributed by atoms with Crippen molar-refractivity contribution < 1.29 is 5.02 Å². The van der Waals surface area contributed by atoms with Crippen molar-refractivity contribution in [2.24, 2.45) is 0 Å². The largest absolute Gasteiger partial charge is 0.443 e. The molecule has 2 aromatic rings. The molecule has 1 N–H and O–H groups in total. The first-order valence-electron chi connectivity index (χ1n) is 6.14. The van der Waals surface area contributed by atoms with Crippen LogP contribution >= 0.6 is 11.6 Å². The third-order valence-electron chi connectivity index (χ3n) is 3.17. The second-order valence-corrected chi connectivity index (χ2v) is 4.92. The van der Waals surface area contributed by atoms with Gasteiger partial charge in [0.1, 0.15) is 0 Å². The van der Waals surface area contributed by atoms with Gasteiger partial charge in [-0.2, -0.15) is 0 Å². The van der Waals surface area contributed by atoms with Crippen molar-refractivity contribution in [2.45, 2.75) is 20.3 Å². The van der Waals surface area contributed by atoms with Gasteiger partial charge in [0.25, 0.3) is 0 Å². The van der Waals surface area contributed by atoms with Crippen molar-refractivity contribution in [3.63, 3.8) is 0 Å². The Kier molecular flexibility index (Phi) is 4.10. The molecule has 0 aromatic heterocycles. The van der Waals surface area contributed by atoms with Crippen molar-refractivity contribution in [1.29, 1.82) is 0 Å². The molecule has 2 aromatic carbocycles. The van der Waals surface area contributed by atoms with E-state index in [0.29, 0.717) is 0 Å². The maximum absolute atomic E-state index is 10.4. The minimum atomic E-state index is -0.590. The topological polar surface area (TPSA) is 20.2 Å². The highest BCUT2D eigenvalue weighted by Crippen LogP contribution is 2.12. The lowest BCUT2D eigenvalue weighted by atomic mass is 9.55. The first kappa shape index (κ1) is 13.2. The van der Waals surface area contributed by atoms with Crippen LogP contribution in [0.2, 0.25) is 5.02 Å². The van der Waals surface area contributed by atoms with Crippen LogP contribution in [0, 0.1) is 6.92 Å². The van der Waals surface area contributed by atoms with Gasteiger partial charge in [-0.1, -0.05) is 54.9 Å². The molecule has 0 aliphatic carbocycles. The van der Waals surface area contributed by atoms with Gasteiger partial charge in [-0.3, -0.25) is 0 Å². The van der Waals surface area contributed by atoms with E-state index in [0.717, 1.165) is 27.9 Å². The van der Waals surface area contributed by atoms with Gasteiger partial charge >= 0.3 is 6.92 Å². The highest BCUT2D eigenvalue weighted by Gasteiger charge is 2.17. The summed E-state index contributed by atoms with van der Waals surface area (Å²) in [5.41, 5.74) is 4.03. The highest BCUT2D eigenvalue weighted by molar-refractivity contribution is 6.79. The van der Waals surface area contributed by atoms with E-state index < -0.39 is 6.92 Å². The summed E-state index contributed by atoms with van der Waals surface area (Å²) in [6, 6.07) is 13.7. The zero-order chi connectivity index (χ0) is 13.1. The molecular weight excluding hydrogens is 242 g/mol. The molecule has 0 aliphatic rings. The summed E-state index contributed by atoms with van der Waals surface area (Å²) < 4.78 is 0. The summed E-state index contributed by atoms with van der Waals surface area (Å²) in [7, 11) is 0. The molecule has 0 aliphatic heterocycles. The fraction of sp³-hybridized carbons (Fsp3) is 0.200. The van der Waals surface area contributed by atoms with Crippen molar-refractivity contribution in [1.82, 2.24) is 0 Å². The van der Waals surface area contributed by atoms with E-state index in [1.807, 2.05) is 37.3 Å². The molecule has 1 nitrogen and oxygen atoms in total. The predicted molar refractivity (Wildman–Crippen MR) is 79.2 cm³/mol. The van der Waals surface area contributed by atoms with Gasteiger partial charge in [-0.15, -0.1) is 0 Å². The summed E-state index contributed by atoms with van der Waals surface area (Å²) in [6.45, 7) is 3.46. The molecule has 0 amide bonds. The second-order valence-electron chi connectivity index (χ2n) is 4.51. The summed E-state index contributed by atoms with van der Waals surface area (Å²) in [5.74, 6) is 0. The minimum Gasteiger partial charge on any atom is -0.443 e. The van der Waals surface area contributed by atoms with Gasteiger partial charge in [0.15, 0.2) is 0 Å². The van der Waals surface area contributed by atoms with Crippen LogP contribution in [0.15, 0.2) is 42.5 Å². The Labute approximate surface area is 114 Å². The van der Waals surface area contributed by atoms with Crippen LogP contribution in [0.3, 0.4) is 0 Å². The number of hydrogen-bond donors (Lipinski definition) is 1. The van der Waals surface area contributed by atoms with E-state index in [4.69, 9.17) is 11.6 Å². The zero-order valence-electron chi connectivity index (χ0n) is 10.7. The molecule has 0 heterocycles. The van der Waals surface area contributed by atoms with E-state index in [1.165, 1.54) is 5.56 Å². The standard InChI is InChI=1S/C15H16BClO/c1-3-12-5-4-6-13(10-12)16(18)14-7-8-15(17)11(2)9-14/h4-10,18H,3H2,1-2H3. The van der Waals surface area contributed by atoms with E-state index in [2.05, 4.69) is 19.1 Å². The van der Waals surface area contributed by atoms with Gasteiger partial charge < -0.3 is 5.02 Å². The van der Waals surface area contributed by atoms with Crippen LogP contribution in [-0.2, 0) is 6.42 Å². The average Bonchev–Trinajstić information content (AvgIpc) is 2.41. The molecule has 2 rings (SSSR count). The molecule has 0 radical (unpaired) electrons. The van der Waals surface area contributed by atoms with E-state index in [-0.39, 0.29) is 0 Å². The van der Waals surface area contributed by atoms with Crippen LogP contribution in [-0.4, -0.2) is 11.9 Å². The molecule has 0 atom stereocenters. The Morgan fingerprint density at radius 1 is 1.11 bits per heavy atom. The van der Waals surface area contributed by atoms with Crippen molar-refractivity contribution in [2.75, 3.05) is 0 Å². The molecule has 0 spiro atoms. The van der Waals surface area contributed by atoms with Crippen molar-refractivity contribution in [3.8, 4) is 0 Å². The average molecular weight is 259 g/mol. The third kappa shape index (κ3) is 2.77. The van der Waals surface area contributed by atoms with Gasteiger partial charge in [0.2, 0.25) is 0 Å². The van der Waals surface area contributed by atoms with E-state index >= 15 is 0 Å². The van der Waals surface area contributed by atoms with Crippen LogP contribution in [0.1, 0.15) is 18.1 Å². The van der Waals surface area contributed by atoms with Crippen LogP contribution in [0.4, 0.5) is 0 Å². The van der Waals surface area contributed by atoms with E-state index in [1.54, 1.807) is 0 Å². The Balaban J connectivity index is 2.34. The van der Waals surface area contributed by atoms with Gasteiger partial charge in [-0.25, -0.2) is 0 Å². The Hall–Kier alpha value is -1.25. The molecule has 0 fully saturated rings. The van der Waals surface area contributed by atoms with Crippen LogP contribution in [0.5, 0.6) is 0 Å². The van der Waals surface area contributed by atoms with Crippen molar-refractivity contribution >= 4 is 29.4 Å². The quantitative estimate of drug-likeness (QED) is 0.838. The molecule has 92 valence electrons. The van der Waals surface area contributed by atoms with Crippen molar-refractivity contribution in [3.05, 3.63) is 58.6 Å². The maximum Gasteiger partial charge on any atom is 0.358 e. The predicted octanol–water partition coefficient (Wildman–Crippen LogP) is 2.31. The summed E-state index contributed by atoms with van der Waals surface area (Å²) >= 11 is 6.00. The summed E-state index contributed by atoms with van der Waals surface area (Å²) in [6.07, 6.45) is 0.972. The number of benzene rings is 2. The number of rotatable bonds is 3. The SMILES string of the molecule is CCc1cccc(B(O)c2ccc(Cl)c(C)c2)c1. The minimum absolute atomic E-state index is 0.590. The molecule has 0 saturated carbocycles. The Morgan fingerprint density at radius 3 is 2.50 bits per heavy atom. The Morgan fingerprint density at radius 2 is 1.83 bits per heavy atom. The highest BCUT2D eigenvalue weighted by atomic mass is 35.5. The molecular formula is C15H16BClO. The van der Waals surface area contributed by atoms with Gasteiger partial charge in [0, 0.05) is 5.02 Å². The molecule has 3 heteroatoms. The lowest BCUT2D eigenvalue weighted by Gasteiger charge is -2.10. The third-order valence-corrected chi connectivity index (χ3v) is 3.60. The molecule has 18 heavy (non-hydrogen) atoms. The first-order valence-corrected chi connectivity index (χ1v) is 6.52. The van der Waals surface area contributed by atoms with Crippen LogP contribution in [0.25, 0.3) is 0 Å². The lowest BCUT2D eigenvalue weighted by molar-refractivity contribution is 0.600. The second kappa shape index (κ2) is 5.60. The number of aryl methyl sites for hydroxylation is 2. The van der Waals surface area contributed by atoms with Gasteiger partial charge in [-0.05, 0) is 41.5 Å². The normalized spacial score (nSPS) is 10.4. The fourth-order valence-corrected chi connectivity index (χ4v) is 2.13. The first-order chi connectivity index (χ1) is 8.61. The molecule has 0 bridgehead atoms. The number of hydrogen-bond acceptors (Lipinski definition) is 1. The van der Waals surface area contributed by atoms with E-state index in [9.17, 15) is 5.02 Å². The fourth-order valence-electron chi connectivity index (χ4n) is 2.01. The molecule has 0 saturated heterocycles. The monoisotopic (exact) mass is 258 g/mol. The summed E-state index contributed by atoms with van der Waals surface area (Å²) in [5, 5.41) is 11.1. The summed E-state index contributed by atoms with van der Waals surface area (Å²) in [4.78, 5) is 0.